The molecule has 0 radical (unpaired) electrons. The van der Waals surface area contributed by atoms with Crippen LogP contribution in [0, 0.1) is 5.41 Å². The summed E-state index contributed by atoms with van der Waals surface area (Å²) in [6, 6.07) is 0. The van der Waals surface area contributed by atoms with Crippen LogP contribution in [-0.4, -0.2) is 50.8 Å². The molecule has 1 saturated heterocycles. The lowest BCUT2D eigenvalue weighted by Gasteiger charge is -2.42. The summed E-state index contributed by atoms with van der Waals surface area (Å²) in [5.74, 6) is -0.380. The molecule has 0 saturated carbocycles. The van der Waals surface area contributed by atoms with Crippen molar-refractivity contribution in [1.82, 2.24) is 4.90 Å². The van der Waals surface area contributed by atoms with Crippen LogP contribution in [0.3, 0.4) is 0 Å². The molecule has 0 N–H and O–H groups in total. The predicted octanol–water partition coefficient (Wildman–Crippen LogP) is 13.8. The highest BCUT2D eigenvalue weighted by atomic mass is 16.7. The monoisotopic (exact) mass is 710 g/mol. The quantitative estimate of drug-likeness (QED) is 0.0377. The molecule has 0 aromatic rings. The summed E-state index contributed by atoms with van der Waals surface area (Å²) < 4.78 is 13.7. The van der Waals surface area contributed by atoms with E-state index in [1.54, 1.807) is 0 Å². The molecule has 4 heteroatoms. The second kappa shape index (κ2) is 30.3. The van der Waals surface area contributed by atoms with Crippen LogP contribution in [0.2, 0.25) is 0 Å². The summed E-state index contributed by atoms with van der Waals surface area (Å²) in [5, 5.41) is 0. The second-order valence-electron chi connectivity index (χ2n) is 17.4. The number of ether oxygens (including phenoxy) is 2. The van der Waals surface area contributed by atoms with Gasteiger partial charge in [0.1, 0.15) is 7.85 Å². The standard InChI is InChI=1S/C47H88BNO2/c1-8-10-12-14-16-18-20-22-24-26-28-30-32-34-36-38-40-47(50-42-44(51-47)45(3,4)43-46(5,48)49(6)7)41-39-37-35-33-31-29-27-25-23-21-19-17-15-13-11-9-2/h16-19,22-25,44H,8-15,20-21,26-43,48H2,1-7H3/b18-16-,19-17-,24-22-,25-23-. The summed E-state index contributed by atoms with van der Waals surface area (Å²) in [4.78, 5) is 2.35. The van der Waals surface area contributed by atoms with E-state index in [0.717, 1.165) is 38.7 Å². The lowest BCUT2D eigenvalue weighted by atomic mass is 9.66. The number of hydrogen-bond donors (Lipinski definition) is 0. The zero-order valence-corrected chi connectivity index (χ0v) is 35.8. The van der Waals surface area contributed by atoms with Crippen LogP contribution >= 0.6 is 0 Å². The maximum Gasteiger partial charge on any atom is 0.168 e. The highest BCUT2D eigenvalue weighted by molar-refractivity contribution is 6.15. The van der Waals surface area contributed by atoms with Gasteiger partial charge in [0.05, 0.1) is 12.7 Å². The molecule has 1 aliphatic rings. The van der Waals surface area contributed by atoms with Crippen molar-refractivity contribution in [3.8, 4) is 0 Å². The number of unbranched alkanes of at least 4 members (excludes halogenated alkanes) is 18. The van der Waals surface area contributed by atoms with Crippen LogP contribution in [0.4, 0.5) is 0 Å². The average Bonchev–Trinajstić information content (AvgIpc) is 3.53. The molecule has 2 unspecified atom stereocenters. The van der Waals surface area contributed by atoms with Crippen LogP contribution in [-0.2, 0) is 9.47 Å². The average molecular weight is 710 g/mol. The summed E-state index contributed by atoms with van der Waals surface area (Å²) in [6.07, 6.45) is 53.0. The predicted molar refractivity (Wildman–Crippen MR) is 231 cm³/mol. The first-order valence-electron chi connectivity index (χ1n) is 22.2. The minimum Gasteiger partial charge on any atom is -0.347 e. The Morgan fingerprint density at radius 2 is 0.941 bits per heavy atom. The van der Waals surface area contributed by atoms with Crippen molar-refractivity contribution in [3.05, 3.63) is 48.6 Å². The molecule has 2 atom stereocenters. The van der Waals surface area contributed by atoms with Gasteiger partial charge in [0.25, 0.3) is 0 Å². The topological polar surface area (TPSA) is 21.7 Å². The first-order valence-corrected chi connectivity index (χ1v) is 22.2. The summed E-state index contributed by atoms with van der Waals surface area (Å²) in [7, 11) is 6.75. The van der Waals surface area contributed by atoms with Gasteiger partial charge in [0.15, 0.2) is 5.79 Å². The van der Waals surface area contributed by atoms with Gasteiger partial charge in [-0.05, 0) is 108 Å². The lowest BCUT2D eigenvalue weighted by Crippen LogP contribution is -2.48. The van der Waals surface area contributed by atoms with Gasteiger partial charge in [-0.25, -0.2) is 0 Å². The van der Waals surface area contributed by atoms with Crippen molar-refractivity contribution in [2.24, 2.45) is 5.41 Å². The van der Waals surface area contributed by atoms with Gasteiger partial charge < -0.3 is 14.4 Å². The molecule has 1 rings (SSSR count). The lowest BCUT2D eigenvalue weighted by molar-refractivity contribution is -0.190. The van der Waals surface area contributed by atoms with Crippen LogP contribution in [0.15, 0.2) is 48.6 Å². The van der Waals surface area contributed by atoms with Gasteiger partial charge in [-0.2, -0.15) is 0 Å². The Kier molecular flexibility index (Phi) is 28.4. The Bertz CT molecular complexity index is 869. The number of nitrogens with zero attached hydrogens (tertiary/aromatic N) is 1. The molecule has 51 heavy (non-hydrogen) atoms. The van der Waals surface area contributed by atoms with E-state index in [1.807, 2.05) is 0 Å². The highest BCUT2D eigenvalue weighted by Gasteiger charge is 2.47. The van der Waals surface area contributed by atoms with Crippen molar-refractivity contribution in [1.29, 1.82) is 0 Å². The Hall–Kier alpha value is -1.10. The first-order chi connectivity index (χ1) is 24.6. The third-order valence-electron chi connectivity index (χ3n) is 11.3. The van der Waals surface area contributed by atoms with Gasteiger partial charge in [-0.15, -0.1) is 0 Å². The van der Waals surface area contributed by atoms with Crippen molar-refractivity contribution in [2.45, 2.75) is 225 Å². The number of allylic oxidation sites excluding steroid dienone is 8. The molecule has 0 aromatic heterocycles. The molecule has 296 valence electrons. The third-order valence-corrected chi connectivity index (χ3v) is 11.3. The Morgan fingerprint density at radius 1 is 0.569 bits per heavy atom. The highest BCUT2D eigenvalue weighted by Crippen LogP contribution is 2.43. The summed E-state index contributed by atoms with van der Waals surface area (Å²) in [5.41, 5.74) is 0.188. The molecular formula is C47H88BNO2. The SMILES string of the molecule is BC(C)(CC(C)(C)C1COC(CCCCCCCC/C=C\C/C=C\CCCCC)(CCCCCCCC/C=C\C/C=C\CCCCC)O1)N(C)C. The smallest absolute Gasteiger partial charge is 0.168 e. The van der Waals surface area contributed by atoms with Crippen molar-refractivity contribution < 1.29 is 9.47 Å². The molecule has 3 nitrogen and oxygen atoms in total. The second-order valence-corrected chi connectivity index (χ2v) is 17.4. The van der Waals surface area contributed by atoms with E-state index in [0.29, 0.717) is 0 Å². The van der Waals surface area contributed by atoms with Crippen LogP contribution in [0.1, 0.15) is 208 Å². The van der Waals surface area contributed by atoms with E-state index in [9.17, 15) is 0 Å². The minimum absolute atomic E-state index is 0.0637. The van der Waals surface area contributed by atoms with Crippen LogP contribution in [0.25, 0.3) is 0 Å². The molecule has 0 bridgehead atoms. The molecule has 0 aromatic carbocycles. The van der Waals surface area contributed by atoms with E-state index in [2.05, 4.69) is 110 Å². The van der Waals surface area contributed by atoms with Gasteiger partial charge >= 0.3 is 0 Å². The maximum absolute atomic E-state index is 7.02. The van der Waals surface area contributed by atoms with Gasteiger partial charge in [-0.3, -0.25) is 0 Å². The van der Waals surface area contributed by atoms with Crippen molar-refractivity contribution >= 4 is 7.85 Å². The Labute approximate surface area is 321 Å². The van der Waals surface area contributed by atoms with Gasteiger partial charge in [0, 0.05) is 12.8 Å². The van der Waals surface area contributed by atoms with E-state index in [1.165, 1.54) is 141 Å². The van der Waals surface area contributed by atoms with E-state index >= 15 is 0 Å². The summed E-state index contributed by atoms with van der Waals surface area (Å²) in [6.45, 7) is 12.4. The summed E-state index contributed by atoms with van der Waals surface area (Å²) >= 11 is 0. The Morgan fingerprint density at radius 3 is 1.33 bits per heavy atom. The molecule has 0 aliphatic carbocycles. The fourth-order valence-corrected chi connectivity index (χ4v) is 7.48. The van der Waals surface area contributed by atoms with Crippen LogP contribution in [0.5, 0.6) is 0 Å². The van der Waals surface area contributed by atoms with E-state index in [-0.39, 0.29) is 22.7 Å². The zero-order chi connectivity index (χ0) is 37.5. The van der Waals surface area contributed by atoms with E-state index in [4.69, 9.17) is 9.47 Å². The fourth-order valence-electron chi connectivity index (χ4n) is 7.48. The first kappa shape index (κ1) is 47.9. The van der Waals surface area contributed by atoms with E-state index < -0.39 is 0 Å². The molecule has 0 amide bonds. The van der Waals surface area contributed by atoms with Gasteiger partial charge in [0.2, 0.25) is 0 Å². The molecule has 1 heterocycles. The normalized spacial score (nSPS) is 18.1. The van der Waals surface area contributed by atoms with Crippen molar-refractivity contribution in [3.63, 3.8) is 0 Å². The fraction of sp³-hybridized carbons (Fsp3) is 0.830. The van der Waals surface area contributed by atoms with Gasteiger partial charge in [-0.1, -0.05) is 160 Å². The maximum atomic E-state index is 7.02. The molecule has 0 spiro atoms. The zero-order valence-electron chi connectivity index (χ0n) is 35.8. The third kappa shape index (κ3) is 24.8. The largest absolute Gasteiger partial charge is 0.347 e. The molecular weight excluding hydrogens is 621 g/mol. The minimum atomic E-state index is -0.380. The molecule has 1 aliphatic heterocycles. The van der Waals surface area contributed by atoms with Crippen molar-refractivity contribution in [2.75, 3.05) is 20.7 Å². The molecule has 1 fully saturated rings. The number of hydrogen-bond acceptors (Lipinski definition) is 3. The number of rotatable bonds is 34. The van der Waals surface area contributed by atoms with Crippen LogP contribution < -0.4 is 0 Å². The Balaban J connectivity index is 2.40.